The van der Waals surface area contributed by atoms with Gasteiger partial charge in [0.2, 0.25) is 0 Å². The van der Waals surface area contributed by atoms with E-state index in [0.717, 1.165) is 64.0 Å². The second kappa shape index (κ2) is 31400. The van der Waals surface area contributed by atoms with E-state index in [1.54, 1.807) is 0 Å². The van der Waals surface area contributed by atoms with Crippen molar-refractivity contribution in [1.82, 2.24) is 0 Å². The van der Waals surface area contributed by atoms with Crippen molar-refractivity contribution < 1.29 is 46.0 Å². The van der Waals surface area contributed by atoms with Gasteiger partial charge < -0.3 is 46.0 Å². The molecule has 0 radical (unpaired) electrons. The molecule has 0 saturated heterocycles. The summed E-state index contributed by atoms with van der Waals surface area (Å²) >= 11 is 0. The topological polar surface area (TPSA) is 182 Å². The number of aliphatic hydroxyl groups is 9. The Labute approximate surface area is 111 Å². The van der Waals surface area contributed by atoms with Crippen LogP contribution in [0.4, 0.5) is 0 Å². The van der Waals surface area contributed by atoms with Gasteiger partial charge in [0.25, 0.3) is 0 Å². The Hall–Kier alpha value is -0.360. The van der Waals surface area contributed by atoms with E-state index in [1.165, 1.54) is 0 Å². The summed E-state index contributed by atoms with van der Waals surface area (Å²) in [5.74, 6) is 0. The summed E-state index contributed by atoms with van der Waals surface area (Å²) in [6.45, 7) is 0. The first-order valence-electron chi connectivity index (χ1n) is 4.02. The van der Waals surface area contributed by atoms with Crippen LogP contribution in [0.15, 0.2) is 0 Å². The molecular weight excluding hydrogens is 252 g/mol. The zero-order valence-corrected chi connectivity index (χ0v) is 13.0. The van der Waals surface area contributed by atoms with E-state index in [1.807, 2.05) is 0 Å². The fourth-order valence-corrected chi connectivity index (χ4v) is 0. The van der Waals surface area contributed by atoms with Crippen LogP contribution >= 0.6 is 0 Å². The molecule has 126 valence electrons. The molecule has 18 heavy (non-hydrogen) atoms. The summed E-state index contributed by atoms with van der Waals surface area (Å²) in [6, 6.07) is 0. The van der Waals surface area contributed by atoms with Crippen molar-refractivity contribution in [3.63, 3.8) is 0 Å². The molecular formula is C9H36O9. The van der Waals surface area contributed by atoms with Gasteiger partial charge in [0.05, 0.1) is 0 Å². The molecule has 0 spiro atoms. The Kier molecular flexibility index (Phi) is 114000. The van der Waals surface area contributed by atoms with Gasteiger partial charge in [-0.25, -0.2) is 0 Å². The first kappa shape index (κ1) is 65.4. The molecule has 0 heterocycles. The maximum Gasteiger partial charge on any atom is 0.0319 e. The van der Waals surface area contributed by atoms with Crippen LogP contribution in [0.5, 0.6) is 0 Å². The molecule has 0 aromatic heterocycles. The highest BCUT2D eigenvalue weighted by atomic mass is 16.2. The first-order chi connectivity index (χ1) is 9.00. The fourth-order valence-electron chi connectivity index (χ4n) is 0. The van der Waals surface area contributed by atoms with Crippen LogP contribution in [0.3, 0.4) is 0 Å². The highest BCUT2D eigenvalue weighted by molar-refractivity contribution is 3.19. The Balaban J connectivity index is -0.00000000723. The normalized spacial score (nSPS) is 3.00. The molecule has 0 aliphatic rings. The van der Waals surface area contributed by atoms with Crippen molar-refractivity contribution in [3.05, 3.63) is 0 Å². The molecule has 9 heteroatoms. The van der Waals surface area contributed by atoms with Gasteiger partial charge in [-0.15, -0.1) is 0 Å². The minimum absolute atomic E-state index is 1.00. The monoisotopic (exact) mass is 288 g/mol. The third kappa shape index (κ3) is 25900. The molecule has 9 N–H and O–H groups in total. The summed E-state index contributed by atoms with van der Waals surface area (Å²) < 4.78 is 0. The maximum absolute atomic E-state index is 7.00. The quantitative estimate of drug-likeness (QED) is 0.218. The Bertz CT molecular complexity index is 18.0. The summed E-state index contributed by atoms with van der Waals surface area (Å²) in [4.78, 5) is 0. The first-order valence-corrected chi connectivity index (χ1v) is 4.02. The van der Waals surface area contributed by atoms with Gasteiger partial charge >= 0.3 is 0 Å². The standard InChI is InChI=1S/9CH4O/c9*1-2/h9*2H,1H3. The maximum atomic E-state index is 7.00. The highest BCUT2D eigenvalue weighted by Gasteiger charge is 0.855. The van der Waals surface area contributed by atoms with E-state index in [0.29, 0.717) is 0 Å². The van der Waals surface area contributed by atoms with Crippen LogP contribution in [0.25, 0.3) is 0 Å². The summed E-state index contributed by atoms with van der Waals surface area (Å²) in [6.07, 6.45) is 0. The smallest absolute Gasteiger partial charge is 0.0319 e. The van der Waals surface area contributed by atoms with Gasteiger partial charge in [-0.2, -0.15) is 0 Å². The number of rotatable bonds is 0. The second-order valence-electron chi connectivity index (χ2n) is 0. The van der Waals surface area contributed by atoms with Gasteiger partial charge in [0.15, 0.2) is 0 Å². The lowest BCUT2D eigenvalue weighted by atomic mass is 11.8. The van der Waals surface area contributed by atoms with Crippen LogP contribution in [-0.2, 0) is 0 Å². The van der Waals surface area contributed by atoms with Crippen molar-refractivity contribution in [3.8, 4) is 0 Å². The molecule has 0 aliphatic heterocycles. The van der Waals surface area contributed by atoms with Crippen LogP contribution < -0.4 is 0 Å². The van der Waals surface area contributed by atoms with Gasteiger partial charge in [0.1, 0.15) is 0 Å². The van der Waals surface area contributed by atoms with Crippen molar-refractivity contribution in [2.75, 3.05) is 64.0 Å². The summed E-state index contributed by atoms with van der Waals surface area (Å²) in [5.41, 5.74) is 0. The van der Waals surface area contributed by atoms with E-state index in [9.17, 15) is 0 Å². The third-order valence-corrected chi connectivity index (χ3v) is 0. The molecule has 0 saturated carbocycles. The second-order valence-corrected chi connectivity index (χ2v) is 0. The SMILES string of the molecule is CO.CO.CO.CO.CO.CO.CO.CO.CO. The van der Waals surface area contributed by atoms with E-state index < -0.39 is 0 Å². The zero-order chi connectivity index (χ0) is 18.0. The molecule has 0 aromatic rings. The van der Waals surface area contributed by atoms with Gasteiger partial charge in [0, 0.05) is 64.0 Å². The molecule has 0 aliphatic carbocycles. The Morgan fingerprint density at radius 1 is 0.167 bits per heavy atom. The highest BCUT2D eigenvalue weighted by Crippen LogP contribution is 0.771. The van der Waals surface area contributed by atoms with Gasteiger partial charge in [-0.3, -0.25) is 0 Å². The number of hydrogen-bond acceptors (Lipinski definition) is 9. The molecule has 9 nitrogen and oxygen atoms in total. The Morgan fingerprint density at radius 2 is 0.167 bits per heavy atom. The predicted octanol–water partition coefficient (Wildman–Crippen LogP) is -3.52. The molecule has 0 atom stereocenters. The fraction of sp³-hybridized carbons (Fsp3) is 1.00. The minimum Gasteiger partial charge on any atom is -0.400 e. The van der Waals surface area contributed by atoms with Crippen LogP contribution in [0.2, 0.25) is 0 Å². The van der Waals surface area contributed by atoms with E-state index in [4.69, 9.17) is 46.0 Å². The molecule has 0 bridgehead atoms. The van der Waals surface area contributed by atoms with Crippen molar-refractivity contribution in [1.29, 1.82) is 0 Å². The van der Waals surface area contributed by atoms with Crippen LogP contribution in [-0.4, -0.2) is 110 Å². The lowest BCUT2D eigenvalue weighted by molar-refractivity contribution is 0.399. The van der Waals surface area contributed by atoms with Crippen molar-refractivity contribution in [2.24, 2.45) is 0 Å². The average Bonchev–Trinajstić information content (AvgIpc) is 2.63. The molecule has 0 fully saturated rings. The van der Waals surface area contributed by atoms with E-state index in [2.05, 4.69) is 0 Å². The number of aliphatic hydroxyl groups excluding tert-OH is 9. The third-order valence-electron chi connectivity index (χ3n) is 0. The zero-order valence-electron chi connectivity index (χ0n) is 13.0. The van der Waals surface area contributed by atoms with Crippen LogP contribution in [0.1, 0.15) is 0 Å². The predicted molar refractivity (Wildman–Crippen MR) is 73.3 cm³/mol. The number of hydrogen-bond donors (Lipinski definition) is 9. The molecule has 0 aromatic carbocycles. The molecule has 0 rings (SSSR count). The Morgan fingerprint density at radius 3 is 0.167 bits per heavy atom. The van der Waals surface area contributed by atoms with Crippen molar-refractivity contribution in [2.45, 2.75) is 0 Å². The molecule has 0 unspecified atom stereocenters. The van der Waals surface area contributed by atoms with Gasteiger partial charge in [-0.05, 0) is 0 Å². The minimum atomic E-state index is 1.00. The lowest BCUT2D eigenvalue weighted by Crippen LogP contribution is -1.25. The van der Waals surface area contributed by atoms with E-state index >= 15 is 0 Å². The molecule has 0 amide bonds. The summed E-state index contributed by atoms with van der Waals surface area (Å²) in [5, 5.41) is 63.0. The van der Waals surface area contributed by atoms with Crippen LogP contribution in [0, 0.1) is 0 Å². The largest absolute Gasteiger partial charge is 0.400 e. The van der Waals surface area contributed by atoms with Crippen molar-refractivity contribution >= 4 is 0 Å². The van der Waals surface area contributed by atoms with E-state index in [-0.39, 0.29) is 0 Å². The lowest BCUT2D eigenvalue weighted by Gasteiger charge is -1.21. The van der Waals surface area contributed by atoms with Gasteiger partial charge in [-0.1, -0.05) is 0 Å². The average molecular weight is 288 g/mol. The summed E-state index contributed by atoms with van der Waals surface area (Å²) in [7, 11) is 9.00.